The van der Waals surface area contributed by atoms with Crippen LogP contribution in [0.25, 0.3) is 0 Å². The molecule has 1 aliphatic heterocycles. The van der Waals surface area contributed by atoms with Gasteiger partial charge in [-0.05, 0) is 12.3 Å². The van der Waals surface area contributed by atoms with Crippen molar-refractivity contribution in [2.45, 2.75) is 39.0 Å². The van der Waals surface area contributed by atoms with Gasteiger partial charge in [-0.2, -0.15) is 4.98 Å². The zero-order valence-electron chi connectivity index (χ0n) is 11.5. The van der Waals surface area contributed by atoms with Crippen molar-refractivity contribution >= 4 is 5.91 Å². The molecule has 0 aliphatic carbocycles. The molecule has 1 saturated heterocycles. The maximum Gasteiger partial charge on any atom is 0.229 e. The minimum Gasteiger partial charge on any atom is -0.381 e. The average molecular weight is 267 g/mol. The number of carbonyl (C=O) groups excluding carboxylic acids is 1. The van der Waals surface area contributed by atoms with E-state index in [9.17, 15) is 4.79 Å². The van der Waals surface area contributed by atoms with Crippen molar-refractivity contribution < 1.29 is 14.1 Å². The molecule has 6 nitrogen and oxygen atoms in total. The molecule has 1 atom stereocenters. The molecule has 19 heavy (non-hydrogen) atoms. The highest BCUT2D eigenvalue weighted by Crippen LogP contribution is 2.15. The number of ether oxygens (including phenoxy) is 1. The average Bonchev–Trinajstić information content (AvgIpc) is 3.00. The molecule has 2 heterocycles. The maximum absolute atomic E-state index is 11.7. The van der Waals surface area contributed by atoms with E-state index in [1.165, 1.54) is 0 Å². The van der Waals surface area contributed by atoms with Crippen LogP contribution in [0, 0.1) is 5.92 Å². The second-order valence-corrected chi connectivity index (χ2v) is 5.24. The van der Waals surface area contributed by atoms with Crippen LogP contribution in [0.15, 0.2) is 4.52 Å². The fourth-order valence-corrected chi connectivity index (χ4v) is 2.00. The van der Waals surface area contributed by atoms with Gasteiger partial charge in [0, 0.05) is 38.5 Å². The van der Waals surface area contributed by atoms with Gasteiger partial charge in [0.05, 0.1) is 0 Å². The lowest BCUT2D eigenvalue weighted by Gasteiger charge is -2.07. The van der Waals surface area contributed by atoms with Crippen LogP contribution in [0.5, 0.6) is 0 Å². The van der Waals surface area contributed by atoms with Crippen molar-refractivity contribution in [3.8, 4) is 0 Å². The molecule has 0 unspecified atom stereocenters. The summed E-state index contributed by atoms with van der Waals surface area (Å²) in [6, 6.07) is 0. The first-order valence-electron chi connectivity index (χ1n) is 6.82. The quantitative estimate of drug-likeness (QED) is 0.840. The third kappa shape index (κ3) is 4.31. The molecule has 1 fully saturated rings. The van der Waals surface area contributed by atoms with E-state index in [-0.39, 0.29) is 11.8 Å². The fraction of sp³-hybridized carbons (Fsp3) is 0.769. The van der Waals surface area contributed by atoms with Crippen molar-refractivity contribution in [3.63, 3.8) is 0 Å². The Morgan fingerprint density at radius 2 is 2.37 bits per heavy atom. The Morgan fingerprint density at radius 1 is 1.53 bits per heavy atom. The first-order chi connectivity index (χ1) is 9.15. The summed E-state index contributed by atoms with van der Waals surface area (Å²) in [5.74, 6) is 1.97. The predicted molar refractivity (Wildman–Crippen MR) is 68.6 cm³/mol. The van der Waals surface area contributed by atoms with Crippen LogP contribution in [-0.2, 0) is 16.0 Å². The third-order valence-corrected chi connectivity index (χ3v) is 3.15. The van der Waals surface area contributed by atoms with Crippen LogP contribution in [0.3, 0.4) is 0 Å². The first-order valence-corrected chi connectivity index (χ1v) is 6.82. The molecule has 1 amide bonds. The van der Waals surface area contributed by atoms with Gasteiger partial charge in [-0.15, -0.1) is 0 Å². The number of amides is 1. The SMILES string of the molecule is CC(C)c1nc(CCNC(=O)C[C@H]2CCOC2)no1. The predicted octanol–water partition coefficient (Wildman–Crippen LogP) is 1.28. The Bertz CT molecular complexity index is 411. The smallest absolute Gasteiger partial charge is 0.229 e. The molecule has 0 aromatic carbocycles. The number of nitrogens with one attached hydrogen (secondary N) is 1. The van der Waals surface area contributed by atoms with E-state index in [0.29, 0.717) is 43.6 Å². The Morgan fingerprint density at radius 3 is 3.00 bits per heavy atom. The van der Waals surface area contributed by atoms with Crippen LogP contribution < -0.4 is 5.32 Å². The van der Waals surface area contributed by atoms with Crippen LogP contribution in [0.2, 0.25) is 0 Å². The second kappa shape index (κ2) is 6.65. The molecule has 0 bridgehead atoms. The molecule has 1 aromatic heterocycles. The zero-order chi connectivity index (χ0) is 13.7. The Labute approximate surface area is 112 Å². The molecule has 2 rings (SSSR count). The van der Waals surface area contributed by atoms with Crippen LogP contribution in [0.4, 0.5) is 0 Å². The van der Waals surface area contributed by atoms with Gasteiger partial charge >= 0.3 is 0 Å². The maximum atomic E-state index is 11.7. The molecule has 1 N–H and O–H groups in total. The second-order valence-electron chi connectivity index (χ2n) is 5.24. The highest BCUT2D eigenvalue weighted by atomic mass is 16.5. The van der Waals surface area contributed by atoms with E-state index in [1.54, 1.807) is 0 Å². The number of rotatable bonds is 6. The number of carbonyl (C=O) groups is 1. The molecular formula is C13H21N3O3. The number of hydrogen-bond donors (Lipinski definition) is 1. The van der Waals surface area contributed by atoms with Crippen molar-refractivity contribution in [3.05, 3.63) is 11.7 Å². The van der Waals surface area contributed by atoms with E-state index in [4.69, 9.17) is 9.26 Å². The monoisotopic (exact) mass is 267 g/mol. The van der Waals surface area contributed by atoms with E-state index in [1.807, 2.05) is 13.8 Å². The summed E-state index contributed by atoms with van der Waals surface area (Å²) >= 11 is 0. The largest absolute Gasteiger partial charge is 0.381 e. The molecule has 1 aliphatic rings. The topological polar surface area (TPSA) is 77.2 Å². The zero-order valence-corrected chi connectivity index (χ0v) is 11.5. The number of nitrogens with zero attached hydrogens (tertiary/aromatic N) is 2. The standard InChI is InChI=1S/C13H21N3O3/c1-9(2)13-15-11(16-19-13)3-5-14-12(17)7-10-4-6-18-8-10/h9-10H,3-8H2,1-2H3,(H,14,17)/t10-/m1/s1. The van der Waals surface area contributed by atoms with Gasteiger partial charge in [0.25, 0.3) is 0 Å². The fourth-order valence-electron chi connectivity index (χ4n) is 2.00. The lowest BCUT2D eigenvalue weighted by atomic mass is 10.1. The number of hydrogen-bond acceptors (Lipinski definition) is 5. The summed E-state index contributed by atoms with van der Waals surface area (Å²) in [6.45, 7) is 6.03. The summed E-state index contributed by atoms with van der Waals surface area (Å²) < 4.78 is 10.3. The Hall–Kier alpha value is -1.43. The Balaban J connectivity index is 1.66. The molecule has 0 saturated carbocycles. The van der Waals surface area contributed by atoms with Gasteiger partial charge in [-0.1, -0.05) is 19.0 Å². The highest BCUT2D eigenvalue weighted by Gasteiger charge is 2.18. The van der Waals surface area contributed by atoms with Gasteiger partial charge in [0.2, 0.25) is 11.8 Å². The molecular weight excluding hydrogens is 246 g/mol. The summed E-state index contributed by atoms with van der Waals surface area (Å²) in [7, 11) is 0. The summed E-state index contributed by atoms with van der Waals surface area (Å²) in [6.07, 6.45) is 2.13. The van der Waals surface area contributed by atoms with E-state index >= 15 is 0 Å². The minimum atomic E-state index is 0.0723. The van der Waals surface area contributed by atoms with Gasteiger partial charge in [0.1, 0.15) is 0 Å². The molecule has 106 valence electrons. The Kier molecular flexibility index (Phi) is 4.90. The van der Waals surface area contributed by atoms with Crippen LogP contribution in [0.1, 0.15) is 44.3 Å². The van der Waals surface area contributed by atoms with E-state index in [2.05, 4.69) is 15.5 Å². The van der Waals surface area contributed by atoms with Crippen molar-refractivity contribution in [2.24, 2.45) is 5.92 Å². The highest BCUT2D eigenvalue weighted by molar-refractivity contribution is 5.76. The van der Waals surface area contributed by atoms with Gasteiger partial charge < -0.3 is 14.6 Å². The number of aromatic nitrogens is 2. The summed E-state index contributed by atoms with van der Waals surface area (Å²) in [5.41, 5.74) is 0. The molecule has 6 heteroatoms. The van der Waals surface area contributed by atoms with Gasteiger partial charge in [-0.25, -0.2) is 0 Å². The van der Waals surface area contributed by atoms with Crippen LogP contribution in [-0.4, -0.2) is 35.8 Å². The minimum absolute atomic E-state index is 0.0723. The van der Waals surface area contributed by atoms with Gasteiger partial charge in [0.15, 0.2) is 5.82 Å². The lowest BCUT2D eigenvalue weighted by Crippen LogP contribution is -2.27. The van der Waals surface area contributed by atoms with Crippen molar-refractivity contribution in [1.82, 2.24) is 15.5 Å². The van der Waals surface area contributed by atoms with Crippen molar-refractivity contribution in [1.29, 1.82) is 0 Å². The van der Waals surface area contributed by atoms with E-state index < -0.39 is 0 Å². The summed E-state index contributed by atoms with van der Waals surface area (Å²) in [5, 5.41) is 6.76. The third-order valence-electron chi connectivity index (χ3n) is 3.15. The summed E-state index contributed by atoms with van der Waals surface area (Å²) in [4.78, 5) is 15.9. The van der Waals surface area contributed by atoms with Crippen LogP contribution >= 0.6 is 0 Å². The molecule has 0 spiro atoms. The molecule has 0 radical (unpaired) electrons. The normalized spacial score (nSPS) is 19.0. The lowest BCUT2D eigenvalue weighted by molar-refractivity contribution is -0.122. The van der Waals surface area contributed by atoms with Gasteiger partial charge in [-0.3, -0.25) is 4.79 Å². The molecule has 1 aromatic rings. The first kappa shape index (κ1) is 14.0. The van der Waals surface area contributed by atoms with E-state index in [0.717, 1.165) is 13.0 Å². The van der Waals surface area contributed by atoms with Crippen molar-refractivity contribution in [2.75, 3.05) is 19.8 Å².